The van der Waals surface area contributed by atoms with Gasteiger partial charge in [-0.1, -0.05) is 58.0 Å². The molecule has 22 heteroatoms. The molecule has 3 saturated heterocycles. The maximum absolute atomic E-state index is 13.9. The molecule has 6 heterocycles. The fraction of sp³-hybridized carbons (Fsp3) is 0.472. The molecule has 5 aromatic rings. The van der Waals surface area contributed by atoms with Crippen molar-refractivity contribution in [3.05, 3.63) is 79.1 Å². The van der Waals surface area contributed by atoms with Crippen LogP contribution >= 0.6 is 15.6 Å². The van der Waals surface area contributed by atoms with E-state index in [9.17, 15) is 23.7 Å². The van der Waals surface area contributed by atoms with E-state index in [2.05, 4.69) is 25.3 Å². The number of nitrogens with zero attached hydrogens (tertiary/aromatic N) is 6. The first kappa shape index (κ1) is 41.0. The first-order chi connectivity index (χ1) is 27.4. The fourth-order valence-electron chi connectivity index (χ4n) is 7.12. The minimum atomic E-state index is -4.96. The zero-order chi connectivity index (χ0) is 41.2. The summed E-state index contributed by atoms with van der Waals surface area (Å²) in [5.74, 6) is -0.877. The molecule has 310 valence electrons. The van der Waals surface area contributed by atoms with Gasteiger partial charge in [-0.05, 0) is 42.4 Å². The summed E-state index contributed by atoms with van der Waals surface area (Å²) in [6.45, 7) is 10.6. The summed E-state index contributed by atoms with van der Waals surface area (Å²) in [4.78, 5) is 53.2. The minimum absolute atomic E-state index is 0.126. The molecule has 0 spiro atoms. The molecule has 1 amide bonds. The highest BCUT2D eigenvalue weighted by atomic mass is 31.2. The Bertz CT molecular complexity index is 2410. The molecule has 0 aliphatic carbocycles. The van der Waals surface area contributed by atoms with E-state index in [-0.39, 0.29) is 22.0 Å². The van der Waals surface area contributed by atoms with Crippen molar-refractivity contribution < 1.29 is 55.7 Å². The van der Waals surface area contributed by atoms with Crippen molar-refractivity contribution in [3.63, 3.8) is 0 Å². The largest absolute Gasteiger partial charge is 0.472 e. The predicted octanol–water partition coefficient (Wildman–Crippen LogP) is 5.97. The third-order valence-corrected chi connectivity index (χ3v) is 17.6. The van der Waals surface area contributed by atoms with Gasteiger partial charge in [0.15, 0.2) is 31.5 Å². The lowest BCUT2D eigenvalue weighted by atomic mass is 10.0. The van der Waals surface area contributed by atoms with Gasteiger partial charge >= 0.3 is 15.6 Å². The minimum Gasteiger partial charge on any atom is -0.407 e. The van der Waals surface area contributed by atoms with Gasteiger partial charge in [0.1, 0.15) is 43.1 Å². The zero-order valence-electron chi connectivity index (χ0n) is 32.5. The van der Waals surface area contributed by atoms with E-state index in [1.54, 1.807) is 48.1 Å². The molecule has 3 N–H and O–H groups in total. The molecule has 0 radical (unpaired) electrons. The van der Waals surface area contributed by atoms with Crippen LogP contribution in [0.4, 0.5) is 5.82 Å². The number of fused-ring (bicyclic) bond motifs is 4. The van der Waals surface area contributed by atoms with Crippen LogP contribution < -0.4 is 5.32 Å². The molecule has 4 unspecified atom stereocenters. The van der Waals surface area contributed by atoms with Crippen molar-refractivity contribution in [3.8, 4) is 0 Å². The molecule has 2 aromatic carbocycles. The number of aromatic nitrogens is 6. The molecular weight excluding hydrogens is 812 g/mol. The molecule has 3 fully saturated rings. The van der Waals surface area contributed by atoms with Crippen LogP contribution in [0.2, 0.25) is 18.1 Å². The van der Waals surface area contributed by atoms with Gasteiger partial charge < -0.3 is 33.6 Å². The van der Waals surface area contributed by atoms with Crippen LogP contribution in [0.5, 0.6) is 0 Å². The summed E-state index contributed by atoms with van der Waals surface area (Å²) in [6, 6.07) is 16.0. The molecule has 58 heavy (non-hydrogen) atoms. The number of benzene rings is 2. The van der Waals surface area contributed by atoms with Gasteiger partial charge in [0, 0.05) is 11.5 Å². The second-order valence-corrected chi connectivity index (χ2v) is 23.6. The summed E-state index contributed by atoms with van der Waals surface area (Å²) in [5, 5.41) is 2.42. The number of anilines is 1. The highest BCUT2D eigenvalue weighted by Gasteiger charge is 2.56. The van der Waals surface area contributed by atoms with Gasteiger partial charge in [-0.15, -0.1) is 0 Å². The smallest absolute Gasteiger partial charge is 0.407 e. The lowest BCUT2D eigenvalue weighted by molar-refractivity contribution is -0.0662. The van der Waals surface area contributed by atoms with Crippen LogP contribution in [0.3, 0.4) is 0 Å². The summed E-state index contributed by atoms with van der Waals surface area (Å²) >= 11 is 0. The van der Waals surface area contributed by atoms with Gasteiger partial charge in [-0.2, -0.15) is 0 Å². The van der Waals surface area contributed by atoms with Crippen LogP contribution in [0.1, 0.15) is 50.5 Å². The highest BCUT2D eigenvalue weighted by molar-refractivity contribution is 7.47. The second-order valence-electron chi connectivity index (χ2n) is 16.0. The number of amides is 1. The van der Waals surface area contributed by atoms with Gasteiger partial charge in [0.05, 0.1) is 36.9 Å². The molecule has 0 saturated carbocycles. The molecule has 10 atom stereocenters. The maximum atomic E-state index is 13.9. The lowest BCUT2D eigenvalue weighted by Gasteiger charge is -2.40. The molecule has 3 aromatic heterocycles. The Labute approximate surface area is 334 Å². The fourth-order valence-corrected chi connectivity index (χ4v) is 10.4. The number of rotatable bonds is 6. The highest BCUT2D eigenvalue weighted by Crippen LogP contribution is 2.55. The Balaban J connectivity index is 1.12. The van der Waals surface area contributed by atoms with Crippen molar-refractivity contribution in [1.29, 1.82) is 0 Å². The second kappa shape index (κ2) is 15.4. The molecule has 19 nitrogen and oxygen atoms in total. The van der Waals surface area contributed by atoms with E-state index in [1.165, 1.54) is 17.2 Å². The molecule has 3 aliphatic heterocycles. The van der Waals surface area contributed by atoms with Crippen molar-refractivity contribution >= 4 is 57.9 Å². The first-order valence-electron chi connectivity index (χ1n) is 18.7. The number of hydrogen-bond acceptors (Lipinski definition) is 14. The Kier molecular flexibility index (Phi) is 10.9. The van der Waals surface area contributed by atoms with E-state index in [0.717, 1.165) is 5.52 Å². The number of carbonyl (C=O) groups is 1. The number of hydrogen-bond donors (Lipinski definition) is 3. The van der Waals surface area contributed by atoms with Crippen LogP contribution in [0.15, 0.2) is 73.6 Å². The quantitative estimate of drug-likeness (QED) is 0.132. The third-order valence-electron chi connectivity index (χ3n) is 11.1. The van der Waals surface area contributed by atoms with Crippen LogP contribution in [0.25, 0.3) is 22.2 Å². The predicted molar refractivity (Wildman–Crippen MR) is 210 cm³/mol. The van der Waals surface area contributed by atoms with Crippen molar-refractivity contribution in [2.24, 2.45) is 5.92 Å². The normalized spacial score (nSPS) is 32.3. The Morgan fingerprint density at radius 2 is 1.47 bits per heavy atom. The van der Waals surface area contributed by atoms with E-state index in [1.807, 2.05) is 58.1 Å². The Morgan fingerprint density at radius 1 is 0.845 bits per heavy atom. The van der Waals surface area contributed by atoms with Crippen LogP contribution in [-0.4, -0.2) is 96.8 Å². The maximum Gasteiger partial charge on any atom is 0.472 e. The summed E-state index contributed by atoms with van der Waals surface area (Å²) in [6.07, 6.45) is -3.73. The summed E-state index contributed by atoms with van der Waals surface area (Å²) in [7, 11) is -12.6. The number of phosphoric ester groups is 2. The first-order valence-corrected chi connectivity index (χ1v) is 24.6. The number of imidazole rings is 2. The number of carbonyl (C=O) groups excluding carboxylic acids is 1. The van der Waals surface area contributed by atoms with E-state index in [0.29, 0.717) is 11.1 Å². The number of para-hydroxylation sites is 2. The standard InChI is InChI=1S/C36H45N7O12P2Si/c1-21-28-25(51-34(21)42-19-39-23-14-10-11-15-24(23)42)16-49-57(47,48)54-29-26(17-50-56(45,46)53-28)52-35(30(29)55-58(5,6)36(2,3)4)43-20-40-27-31(37-18-38-32(27)43)41-33(44)22-12-8-7-9-13-22/h7-15,18-21,25-26,28-30,34-35H,16-17H2,1-6H3,(H,45,46)(H,47,48)(H,37,38,41,44)/t21-,25+,26+,28?,29?,30-,34+,35+/m0/s1. The lowest BCUT2D eigenvalue weighted by Crippen LogP contribution is -2.49. The number of ether oxygens (including phenoxy) is 2. The average molecular weight is 858 g/mol. The molecule has 0 bridgehead atoms. The van der Waals surface area contributed by atoms with Gasteiger partial charge in [0.2, 0.25) is 0 Å². The van der Waals surface area contributed by atoms with Crippen LogP contribution in [0, 0.1) is 5.92 Å². The SMILES string of the molecule is C[C@H]1C2OP(=O)(O)OC[C@H]3O[C@@H](n4cnc5c(NC(=O)c6ccccc6)ncnc54)[C@@H](O[Si](C)(C)C(C)(C)C)C3OP(=O)(O)OC[C@H]2O[C@H]1n1cnc2ccccc21. The van der Waals surface area contributed by atoms with Crippen molar-refractivity contribution in [2.45, 2.75) is 88.8 Å². The molecule has 8 rings (SSSR count). The van der Waals surface area contributed by atoms with Gasteiger partial charge in [-0.3, -0.25) is 27.5 Å². The monoisotopic (exact) mass is 857 g/mol. The van der Waals surface area contributed by atoms with E-state index in [4.69, 9.17) is 32.0 Å². The average Bonchev–Trinajstić information content (AvgIpc) is 3.94. The summed E-state index contributed by atoms with van der Waals surface area (Å²) < 4.78 is 73.6. The molecule has 3 aliphatic rings. The van der Waals surface area contributed by atoms with Gasteiger partial charge in [-0.25, -0.2) is 29.1 Å². The third kappa shape index (κ3) is 7.97. The van der Waals surface area contributed by atoms with Crippen molar-refractivity contribution in [2.75, 3.05) is 18.5 Å². The molecular formula is C36H45N7O12P2Si. The summed E-state index contributed by atoms with van der Waals surface area (Å²) in [5.41, 5.74) is 2.30. The van der Waals surface area contributed by atoms with E-state index < -0.39 is 92.0 Å². The van der Waals surface area contributed by atoms with E-state index >= 15 is 0 Å². The zero-order valence-corrected chi connectivity index (χ0v) is 35.3. The number of phosphoric acid groups is 2. The Morgan fingerprint density at radius 3 is 2.17 bits per heavy atom. The topological polar surface area (TPSA) is 230 Å². The Hall–Kier alpha value is -3.75. The van der Waals surface area contributed by atoms with Crippen molar-refractivity contribution in [1.82, 2.24) is 29.1 Å². The van der Waals surface area contributed by atoms with Gasteiger partial charge in [0.25, 0.3) is 5.91 Å². The van der Waals surface area contributed by atoms with Crippen LogP contribution in [-0.2, 0) is 41.1 Å². The number of nitrogens with one attached hydrogen (secondary N) is 1.